The third-order valence-electron chi connectivity index (χ3n) is 5.59. The molecule has 0 aromatic carbocycles. The second kappa shape index (κ2) is 6.28. The van der Waals surface area contributed by atoms with Crippen molar-refractivity contribution in [3.05, 3.63) is 0 Å². The number of rotatable bonds is 3. The van der Waals surface area contributed by atoms with Crippen molar-refractivity contribution in [2.75, 3.05) is 5.75 Å². The Labute approximate surface area is 130 Å². The predicted octanol–water partition coefficient (Wildman–Crippen LogP) is 3.95. The Morgan fingerprint density at radius 2 is 1.71 bits per heavy atom. The lowest BCUT2D eigenvalue weighted by atomic mass is 9.70. The minimum absolute atomic E-state index is 0.127. The van der Waals surface area contributed by atoms with Crippen LogP contribution in [0.15, 0.2) is 0 Å². The fourth-order valence-electron chi connectivity index (χ4n) is 4.09. The minimum Gasteiger partial charge on any atom is -0.228 e. The van der Waals surface area contributed by atoms with E-state index in [0.717, 1.165) is 38.5 Å². The van der Waals surface area contributed by atoms with Gasteiger partial charge in [-0.05, 0) is 49.4 Å². The third-order valence-corrected chi connectivity index (χ3v) is 7.97. The first kappa shape index (κ1) is 16.8. The third kappa shape index (κ3) is 4.00. The van der Waals surface area contributed by atoms with Crippen molar-refractivity contribution >= 4 is 9.84 Å². The van der Waals surface area contributed by atoms with Crippen LogP contribution in [0.1, 0.15) is 65.7 Å². The molecule has 2 rings (SSSR count). The molecule has 0 N–H and O–H groups in total. The van der Waals surface area contributed by atoms with Gasteiger partial charge in [0.15, 0.2) is 9.84 Å². The van der Waals surface area contributed by atoms with Crippen LogP contribution in [0.25, 0.3) is 0 Å². The average Bonchev–Trinajstić information content (AvgIpc) is 2.89. The van der Waals surface area contributed by atoms with Crippen molar-refractivity contribution in [1.82, 2.24) is 0 Å². The topological polar surface area (TPSA) is 57.9 Å². The molecule has 0 aromatic heterocycles. The molecule has 3 unspecified atom stereocenters. The lowest BCUT2D eigenvalue weighted by Gasteiger charge is -2.39. The summed E-state index contributed by atoms with van der Waals surface area (Å²) in [7, 11) is -3.14. The summed E-state index contributed by atoms with van der Waals surface area (Å²) in [4.78, 5) is 0. The van der Waals surface area contributed by atoms with Crippen molar-refractivity contribution in [3.8, 4) is 6.07 Å². The Morgan fingerprint density at radius 3 is 2.24 bits per heavy atom. The van der Waals surface area contributed by atoms with E-state index in [2.05, 4.69) is 26.8 Å². The van der Waals surface area contributed by atoms with Gasteiger partial charge in [0.05, 0.1) is 23.0 Å². The molecule has 0 aromatic rings. The first-order valence-electron chi connectivity index (χ1n) is 8.35. The Hall–Kier alpha value is -0.560. The van der Waals surface area contributed by atoms with Gasteiger partial charge in [-0.25, -0.2) is 8.42 Å². The maximum absolute atomic E-state index is 12.8. The SMILES string of the molecule is CC(C)(C)C1CCC(C#N)C(S(=O)(=O)CC2CCCC2)C1. The van der Waals surface area contributed by atoms with Gasteiger partial charge in [0, 0.05) is 0 Å². The second-order valence-electron chi connectivity index (χ2n) is 8.13. The normalized spacial score (nSPS) is 32.0. The van der Waals surface area contributed by atoms with E-state index in [-0.39, 0.29) is 11.3 Å². The number of hydrogen-bond donors (Lipinski definition) is 0. The molecule has 3 nitrogen and oxygen atoms in total. The number of sulfone groups is 1. The van der Waals surface area contributed by atoms with Gasteiger partial charge in [0.1, 0.15) is 0 Å². The molecule has 2 aliphatic carbocycles. The molecular formula is C17H29NO2S. The van der Waals surface area contributed by atoms with Crippen LogP contribution in [0, 0.1) is 34.5 Å². The van der Waals surface area contributed by atoms with Crippen LogP contribution in [0.2, 0.25) is 0 Å². The van der Waals surface area contributed by atoms with Crippen molar-refractivity contribution < 1.29 is 8.42 Å². The molecular weight excluding hydrogens is 282 g/mol. The van der Waals surface area contributed by atoms with Gasteiger partial charge in [-0.1, -0.05) is 33.6 Å². The number of nitrogens with zero attached hydrogens (tertiary/aromatic N) is 1. The van der Waals surface area contributed by atoms with Gasteiger partial charge in [-0.2, -0.15) is 5.26 Å². The molecule has 21 heavy (non-hydrogen) atoms. The zero-order chi connectivity index (χ0) is 15.7. The summed E-state index contributed by atoms with van der Waals surface area (Å²) in [5, 5.41) is 8.93. The zero-order valence-corrected chi connectivity index (χ0v) is 14.5. The first-order valence-corrected chi connectivity index (χ1v) is 10.1. The van der Waals surface area contributed by atoms with Gasteiger partial charge >= 0.3 is 0 Å². The van der Waals surface area contributed by atoms with Gasteiger partial charge in [-0.3, -0.25) is 0 Å². The largest absolute Gasteiger partial charge is 0.228 e. The lowest BCUT2D eigenvalue weighted by molar-refractivity contribution is 0.166. The van der Waals surface area contributed by atoms with Crippen molar-refractivity contribution in [2.45, 2.75) is 71.0 Å². The Bertz CT molecular complexity index is 492. The zero-order valence-electron chi connectivity index (χ0n) is 13.6. The lowest BCUT2D eigenvalue weighted by Crippen LogP contribution is -2.41. The van der Waals surface area contributed by atoms with Crippen LogP contribution in [0.3, 0.4) is 0 Å². The molecule has 4 heteroatoms. The van der Waals surface area contributed by atoms with Gasteiger partial charge < -0.3 is 0 Å². The van der Waals surface area contributed by atoms with E-state index in [0.29, 0.717) is 24.0 Å². The highest BCUT2D eigenvalue weighted by Crippen LogP contribution is 2.43. The molecule has 3 atom stereocenters. The molecule has 0 spiro atoms. The summed E-state index contributed by atoms with van der Waals surface area (Å²) in [6.45, 7) is 6.56. The fourth-order valence-corrected chi connectivity index (χ4v) is 6.55. The first-order chi connectivity index (χ1) is 9.74. The standard InChI is InChI=1S/C17H29NO2S/c1-17(2,3)15-9-8-14(11-18)16(10-15)21(19,20)12-13-6-4-5-7-13/h13-16H,4-10,12H2,1-3H3. The Kier molecular flexibility index (Phi) is 5.03. The Balaban J connectivity index is 2.14. The smallest absolute Gasteiger partial charge is 0.154 e. The number of nitriles is 1. The van der Waals surface area contributed by atoms with Crippen LogP contribution < -0.4 is 0 Å². The van der Waals surface area contributed by atoms with E-state index in [1.807, 2.05) is 0 Å². The second-order valence-corrected chi connectivity index (χ2v) is 10.4. The molecule has 120 valence electrons. The van der Waals surface area contributed by atoms with E-state index in [1.54, 1.807) is 0 Å². The van der Waals surface area contributed by atoms with Gasteiger partial charge in [0.25, 0.3) is 0 Å². The molecule has 2 fully saturated rings. The molecule has 2 aliphatic rings. The summed E-state index contributed by atoms with van der Waals surface area (Å²) in [6.07, 6.45) is 6.83. The van der Waals surface area contributed by atoms with Crippen molar-refractivity contribution in [2.24, 2.45) is 23.2 Å². The molecule has 0 saturated heterocycles. The highest BCUT2D eigenvalue weighted by molar-refractivity contribution is 7.92. The van der Waals surface area contributed by atoms with Crippen molar-refractivity contribution in [3.63, 3.8) is 0 Å². The fraction of sp³-hybridized carbons (Fsp3) is 0.941. The Morgan fingerprint density at radius 1 is 1.10 bits per heavy atom. The number of hydrogen-bond acceptors (Lipinski definition) is 3. The quantitative estimate of drug-likeness (QED) is 0.793. The highest BCUT2D eigenvalue weighted by atomic mass is 32.2. The minimum atomic E-state index is -3.14. The summed E-state index contributed by atoms with van der Waals surface area (Å²) in [5.74, 6) is 0.761. The van der Waals surface area contributed by atoms with Crippen LogP contribution in [-0.2, 0) is 9.84 Å². The molecule has 0 radical (unpaired) electrons. The monoisotopic (exact) mass is 311 g/mol. The summed E-state index contributed by atoms with van der Waals surface area (Å²) in [5.41, 5.74) is 0.127. The van der Waals surface area contributed by atoms with Gasteiger partial charge in [-0.15, -0.1) is 0 Å². The van der Waals surface area contributed by atoms with E-state index in [1.165, 1.54) is 0 Å². The molecule has 0 aliphatic heterocycles. The molecule has 0 bridgehead atoms. The summed E-state index contributed by atoms with van der Waals surface area (Å²) in [6, 6.07) is 2.28. The molecule has 0 heterocycles. The highest BCUT2D eigenvalue weighted by Gasteiger charge is 2.43. The maximum Gasteiger partial charge on any atom is 0.154 e. The van der Waals surface area contributed by atoms with E-state index in [9.17, 15) is 13.7 Å². The summed E-state index contributed by atoms with van der Waals surface area (Å²) >= 11 is 0. The van der Waals surface area contributed by atoms with Crippen LogP contribution in [0.4, 0.5) is 0 Å². The van der Waals surface area contributed by atoms with E-state index >= 15 is 0 Å². The van der Waals surface area contributed by atoms with Crippen molar-refractivity contribution in [1.29, 1.82) is 5.26 Å². The van der Waals surface area contributed by atoms with Crippen LogP contribution in [0.5, 0.6) is 0 Å². The average molecular weight is 311 g/mol. The van der Waals surface area contributed by atoms with E-state index in [4.69, 9.17) is 0 Å². The molecule has 0 amide bonds. The molecule has 2 saturated carbocycles. The van der Waals surface area contributed by atoms with Crippen LogP contribution in [-0.4, -0.2) is 19.4 Å². The van der Waals surface area contributed by atoms with Crippen LogP contribution >= 0.6 is 0 Å². The summed E-state index contributed by atoms with van der Waals surface area (Å²) < 4.78 is 25.7. The van der Waals surface area contributed by atoms with E-state index < -0.39 is 15.1 Å². The maximum atomic E-state index is 12.8. The predicted molar refractivity (Wildman–Crippen MR) is 85.4 cm³/mol. The van der Waals surface area contributed by atoms with Gasteiger partial charge in [0.2, 0.25) is 0 Å².